The molecule has 134 valence electrons. The number of aryl methyl sites for hydroxylation is 1. The number of aromatic nitrogens is 1. The van der Waals surface area contributed by atoms with Gasteiger partial charge in [0.2, 0.25) is 11.8 Å². The highest BCUT2D eigenvalue weighted by Gasteiger charge is 2.17. The maximum Gasteiger partial charge on any atom is 0.228 e. The van der Waals surface area contributed by atoms with Crippen LogP contribution in [0, 0.1) is 18.6 Å². The Labute approximate surface area is 150 Å². The molecule has 0 spiro atoms. The van der Waals surface area contributed by atoms with E-state index in [0.29, 0.717) is 22.9 Å². The van der Waals surface area contributed by atoms with E-state index < -0.39 is 11.6 Å². The summed E-state index contributed by atoms with van der Waals surface area (Å²) in [6, 6.07) is 13.0. The monoisotopic (exact) mass is 356 g/mol. The maximum atomic E-state index is 13.3. The third-order valence-electron chi connectivity index (χ3n) is 4.06. The quantitative estimate of drug-likeness (QED) is 0.691. The zero-order valence-electron chi connectivity index (χ0n) is 14.5. The number of halogens is 2. The average molecular weight is 356 g/mol. The van der Waals surface area contributed by atoms with Crippen molar-refractivity contribution in [2.24, 2.45) is 0 Å². The molecule has 26 heavy (non-hydrogen) atoms. The zero-order chi connectivity index (χ0) is 18.7. The highest BCUT2D eigenvalue weighted by Crippen LogP contribution is 2.22. The molecule has 0 saturated carbocycles. The van der Waals surface area contributed by atoms with Crippen molar-refractivity contribution < 1.29 is 18.0 Å². The largest absolute Gasteiger partial charge is 0.441 e. The van der Waals surface area contributed by atoms with Crippen LogP contribution in [-0.2, 0) is 17.8 Å². The van der Waals surface area contributed by atoms with Crippen LogP contribution in [0.2, 0.25) is 0 Å². The topological polar surface area (TPSA) is 46.3 Å². The lowest BCUT2D eigenvalue weighted by molar-refractivity contribution is -0.129. The molecule has 3 rings (SSSR count). The molecule has 2 aromatic carbocycles. The fourth-order valence-corrected chi connectivity index (χ4v) is 2.57. The minimum atomic E-state index is -0.928. The first kappa shape index (κ1) is 17.8. The smallest absolute Gasteiger partial charge is 0.228 e. The van der Waals surface area contributed by atoms with Crippen molar-refractivity contribution in [3.63, 3.8) is 0 Å². The SMILES string of the molecule is Cc1oc(-c2ccccc2)nc1CC(=O)N(C)Cc1ccc(F)c(F)c1. The van der Waals surface area contributed by atoms with E-state index in [4.69, 9.17) is 4.42 Å². The van der Waals surface area contributed by atoms with Crippen molar-refractivity contribution >= 4 is 5.91 Å². The van der Waals surface area contributed by atoms with Crippen molar-refractivity contribution in [1.29, 1.82) is 0 Å². The normalized spacial score (nSPS) is 10.8. The Morgan fingerprint density at radius 2 is 1.85 bits per heavy atom. The van der Waals surface area contributed by atoms with Gasteiger partial charge in [0.05, 0.1) is 12.1 Å². The van der Waals surface area contributed by atoms with Crippen LogP contribution in [0.1, 0.15) is 17.0 Å². The van der Waals surface area contributed by atoms with Gasteiger partial charge in [-0.25, -0.2) is 13.8 Å². The summed E-state index contributed by atoms with van der Waals surface area (Å²) < 4.78 is 31.9. The summed E-state index contributed by atoms with van der Waals surface area (Å²) in [4.78, 5) is 18.3. The fraction of sp³-hybridized carbons (Fsp3) is 0.200. The predicted octanol–water partition coefficient (Wildman–Crippen LogP) is 4.13. The number of benzene rings is 2. The van der Waals surface area contributed by atoms with Gasteiger partial charge in [0.1, 0.15) is 5.76 Å². The Morgan fingerprint density at radius 1 is 1.12 bits per heavy atom. The molecule has 0 bridgehead atoms. The first-order valence-corrected chi connectivity index (χ1v) is 8.13. The van der Waals surface area contributed by atoms with E-state index >= 15 is 0 Å². The van der Waals surface area contributed by atoms with E-state index in [1.807, 2.05) is 30.3 Å². The number of likely N-dealkylation sites (N-methyl/N-ethyl adjacent to an activating group) is 1. The van der Waals surface area contributed by atoms with Gasteiger partial charge in [-0.1, -0.05) is 24.3 Å². The Hall–Kier alpha value is -3.02. The summed E-state index contributed by atoms with van der Waals surface area (Å²) in [7, 11) is 1.61. The first-order chi connectivity index (χ1) is 12.4. The van der Waals surface area contributed by atoms with Gasteiger partial charge in [-0.15, -0.1) is 0 Å². The zero-order valence-corrected chi connectivity index (χ0v) is 14.5. The highest BCUT2D eigenvalue weighted by molar-refractivity contribution is 5.78. The third kappa shape index (κ3) is 3.96. The van der Waals surface area contributed by atoms with Gasteiger partial charge in [-0.05, 0) is 36.8 Å². The van der Waals surface area contributed by atoms with Crippen LogP contribution < -0.4 is 0 Å². The van der Waals surface area contributed by atoms with Crippen molar-refractivity contribution in [2.75, 3.05) is 7.05 Å². The number of hydrogen-bond acceptors (Lipinski definition) is 3. The van der Waals surface area contributed by atoms with Crippen LogP contribution in [0.5, 0.6) is 0 Å². The average Bonchev–Trinajstić information content (AvgIpc) is 2.99. The molecule has 0 aliphatic carbocycles. The number of carbonyl (C=O) groups excluding carboxylic acids is 1. The Bertz CT molecular complexity index is 923. The predicted molar refractivity (Wildman–Crippen MR) is 93.2 cm³/mol. The lowest BCUT2D eigenvalue weighted by atomic mass is 10.2. The lowest BCUT2D eigenvalue weighted by Gasteiger charge is -2.17. The molecule has 6 heteroatoms. The Balaban J connectivity index is 1.69. The van der Waals surface area contributed by atoms with Gasteiger partial charge in [0.25, 0.3) is 0 Å². The molecule has 1 aromatic heterocycles. The molecular weight excluding hydrogens is 338 g/mol. The minimum Gasteiger partial charge on any atom is -0.441 e. The summed E-state index contributed by atoms with van der Waals surface area (Å²) in [5.74, 6) is -0.976. The second-order valence-electron chi connectivity index (χ2n) is 6.06. The summed E-state index contributed by atoms with van der Waals surface area (Å²) in [6.07, 6.45) is 0.0718. The molecule has 1 heterocycles. The van der Waals surface area contributed by atoms with E-state index in [0.717, 1.165) is 17.7 Å². The van der Waals surface area contributed by atoms with Gasteiger partial charge in [-0.2, -0.15) is 0 Å². The summed E-state index contributed by atoms with van der Waals surface area (Å²) >= 11 is 0. The van der Waals surface area contributed by atoms with E-state index in [1.165, 1.54) is 11.0 Å². The van der Waals surface area contributed by atoms with Gasteiger partial charge >= 0.3 is 0 Å². The molecule has 0 saturated heterocycles. The number of oxazole rings is 1. The number of hydrogen-bond donors (Lipinski definition) is 0. The van der Waals surface area contributed by atoms with Crippen LogP contribution in [0.15, 0.2) is 52.9 Å². The highest BCUT2D eigenvalue weighted by atomic mass is 19.2. The standard InChI is InChI=1S/C20H18F2N2O2/c1-13-18(23-20(26-13)15-6-4-3-5-7-15)11-19(25)24(2)12-14-8-9-16(21)17(22)10-14/h3-10H,11-12H2,1-2H3. The second kappa shape index (κ2) is 7.47. The molecular formula is C20H18F2N2O2. The van der Waals surface area contributed by atoms with Crippen molar-refractivity contribution in [3.05, 3.63) is 77.2 Å². The van der Waals surface area contributed by atoms with Crippen LogP contribution in [0.4, 0.5) is 8.78 Å². The number of amides is 1. The van der Waals surface area contributed by atoms with Crippen LogP contribution in [0.3, 0.4) is 0 Å². The van der Waals surface area contributed by atoms with Crippen molar-refractivity contribution in [3.8, 4) is 11.5 Å². The molecule has 0 unspecified atom stereocenters. The molecule has 3 aromatic rings. The van der Waals surface area contributed by atoms with Gasteiger partial charge < -0.3 is 9.32 Å². The van der Waals surface area contributed by atoms with E-state index in [2.05, 4.69) is 4.98 Å². The molecule has 1 amide bonds. The molecule has 0 N–H and O–H groups in total. The van der Waals surface area contributed by atoms with Crippen molar-refractivity contribution in [2.45, 2.75) is 19.9 Å². The molecule has 0 fully saturated rings. The molecule has 0 atom stereocenters. The number of carbonyl (C=O) groups is 1. The van der Waals surface area contributed by atoms with E-state index in [9.17, 15) is 13.6 Å². The number of nitrogens with zero attached hydrogens (tertiary/aromatic N) is 2. The maximum absolute atomic E-state index is 13.3. The summed E-state index contributed by atoms with van der Waals surface area (Å²) in [5.41, 5.74) is 1.91. The Kier molecular flexibility index (Phi) is 5.11. The molecule has 0 aliphatic heterocycles. The number of rotatable bonds is 5. The molecule has 0 aliphatic rings. The fourth-order valence-electron chi connectivity index (χ4n) is 2.57. The molecule has 0 radical (unpaired) electrons. The van der Waals surface area contributed by atoms with Gasteiger partial charge in [-0.3, -0.25) is 4.79 Å². The van der Waals surface area contributed by atoms with Crippen molar-refractivity contribution in [1.82, 2.24) is 9.88 Å². The summed E-state index contributed by atoms with van der Waals surface area (Å²) in [5, 5.41) is 0. The minimum absolute atomic E-state index is 0.0718. The van der Waals surface area contributed by atoms with Crippen LogP contribution in [0.25, 0.3) is 11.5 Å². The van der Waals surface area contributed by atoms with Crippen LogP contribution >= 0.6 is 0 Å². The second-order valence-corrected chi connectivity index (χ2v) is 6.06. The van der Waals surface area contributed by atoms with Gasteiger partial charge in [0, 0.05) is 19.2 Å². The third-order valence-corrected chi connectivity index (χ3v) is 4.06. The molecule has 4 nitrogen and oxygen atoms in total. The van der Waals surface area contributed by atoms with Crippen LogP contribution in [-0.4, -0.2) is 22.8 Å². The van der Waals surface area contributed by atoms with E-state index in [-0.39, 0.29) is 18.9 Å². The van der Waals surface area contributed by atoms with E-state index in [1.54, 1.807) is 14.0 Å². The lowest BCUT2D eigenvalue weighted by Crippen LogP contribution is -2.28. The Morgan fingerprint density at radius 3 is 2.54 bits per heavy atom. The summed E-state index contributed by atoms with van der Waals surface area (Å²) in [6.45, 7) is 1.94. The first-order valence-electron chi connectivity index (χ1n) is 8.13. The van der Waals surface area contributed by atoms with Gasteiger partial charge in [0.15, 0.2) is 11.6 Å².